The number of carbonyl (C=O) groups is 3. The van der Waals surface area contributed by atoms with E-state index >= 15 is 0 Å². The molecule has 3 aliphatic rings. The van der Waals surface area contributed by atoms with E-state index in [1.807, 2.05) is 6.07 Å². The number of benzene rings is 2. The number of ether oxygens (including phenoxy) is 4. The number of phenolic OH excluding ortho intramolecular Hbond substituents is 2. The number of allylic oxidation sites excluding steroid dienone is 1. The Hall–Kier alpha value is -5.35. The monoisotopic (exact) mass is 835 g/mol. The standard InChI is InChI=1S/C43H53N3O12S/c1-26-10-8-13-31(47)12-7-5-6-11-28-19-34(48)40(41(51)39(28)43(52)58-26)32(29-20-35(55-2)42(57-4)36(21-29)56-3)22-37(49)44-16-17-59(53,54)45-23-27-18-30(25-45)33-14-9-15-38(50)46(33)24-27/h6,9,11,14-15,19-21,26-27,30,32,48,51H,5,7-8,10,12-13,16-18,22-25H2,1-4H3,(H,44,49)/b11-6+/t26-,27+,30-,32?/m0/s1. The molecule has 1 saturated heterocycles. The predicted octanol–water partition coefficient (Wildman–Crippen LogP) is 4.85. The number of fused-ring (bicyclic) bond motifs is 5. The van der Waals surface area contributed by atoms with Gasteiger partial charge in [0.05, 0.1) is 33.2 Å². The summed E-state index contributed by atoms with van der Waals surface area (Å²) in [5, 5.41) is 26.4. The van der Waals surface area contributed by atoms with Gasteiger partial charge in [0, 0.05) is 74.6 Å². The molecule has 0 spiro atoms. The number of cyclic esters (lactones) is 1. The van der Waals surface area contributed by atoms with Crippen LogP contribution in [0.15, 0.2) is 47.3 Å². The maximum atomic E-state index is 13.9. The van der Waals surface area contributed by atoms with E-state index in [1.54, 1.807) is 41.8 Å². The van der Waals surface area contributed by atoms with E-state index in [0.29, 0.717) is 50.6 Å². The van der Waals surface area contributed by atoms with Crippen molar-refractivity contribution < 1.29 is 52.0 Å². The molecule has 1 amide bonds. The summed E-state index contributed by atoms with van der Waals surface area (Å²) in [6.07, 6.45) is 5.94. The Labute approximate surface area is 344 Å². The number of methoxy groups -OCH3 is 3. The van der Waals surface area contributed by atoms with Gasteiger partial charge in [0.15, 0.2) is 11.5 Å². The van der Waals surface area contributed by atoms with Crippen molar-refractivity contribution in [2.45, 2.75) is 82.8 Å². The van der Waals surface area contributed by atoms with Crippen LogP contribution in [0, 0.1) is 5.92 Å². The fourth-order valence-corrected chi connectivity index (χ4v) is 9.96. The highest BCUT2D eigenvalue weighted by atomic mass is 32.2. The number of nitrogens with zero attached hydrogens (tertiary/aromatic N) is 2. The van der Waals surface area contributed by atoms with Crippen LogP contribution in [0.4, 0.5) is 0 Å². The van der Waals surface area contributed by atoms with Crippen molar-refractivity contribution in [3.05, 3.63) is 80.8 Å². The van der Waals surface area contributed by atoms with Crippen LogP contribution in [0.1, 0.15) is 103 Å². The zero-order valence-electron chi connectivity index (χ0n) is 33.9. The SMILES string of the molecule is COc1cc(C(CC(=O)NCCS(=O)(=O)N2C[C@H]3C[C@@H](C2)c2cccc(=O)n2C3)c2c(O)cc3c(c2O)C(=O)O[C@@H](C)CCCC(=O)CCC/C=C/3)cc(OC)c1OC. The zero-order valence-corrected chi connectivity index (χ0v) is 34.7. The number of phenols is 2. The number of rotatable bonds is 11. The van der Waals surface area contributed by atoms with Crippen LogP contribution in [0.2, 0.25) is 0 Å². The first-order valence-electron chi connectivity index (χ1n) is 20.0. The van der Waals surface area contributed by atoms with Crippen molar-refractivity contribution in [3.8, 4) is 28.7 Å². The maximum Gasteiger partial charge on any atom is 0.342 e. The molecule has 3 aliphatic heterocycles. The van der Waals surface area contributed by atoms with Gasteiger partial charge >= 0.3 is 5.97 Å². The summed E-state index contributed by atoms with van der Waals surface area (Å²) in [5.74, 6) is -3.29. The number of hydrogen-bond acceptors (Lipinski definition) is 12. The van der Waals surface area contributed by atoms with E-state index in [2.05, 4.69) is 5.32 Å². The van der Waals surface area contributed by atoms with Gasteiger partial charge in [-0.25, -0.2) is 17.5 Å². The highest BCUT2D eigenvalue weighted by Gasteiger charge is 2.39. The first kappa shape index (κ1) is 43.2. The second-order valence-corrected chi connectivity index (χ2v) is 17.5. The van der Waals surface area contributed by atoms with Crippen molar-refractivity contribution >= 4 is 33.8 Å². The third-order valence-electron chi connectivity index (χ3n) is 11.4. The summed E-state index contributed by atoms with van der Waals surface area (Å²) < 4.78 is 52.9. The maximum absolute atomic E-state index is 13.9. The van der Waals surface area contributed by atoms with Gasteiger partial charge in [-0.2, -0.15) is 0 Å². The van der Waals surface area contributed by atoms with Crippen molar-refractivity contribution in [1.82, 2.24) is 14.2 Å². The summed E-state index contributed by atoms with van der Waals surface area (Å²) >= 11 is 0. The summed E-state index contributed by atoms with van der Waals surface area (Å²) in [7, 11) is 0.438. The second-order valence-electron chi connectivity index (χ2n) is 15.5. The van der Waals surface area contributed by atoms with Gasteiger partial charge in [-0.3, -0.25) is 14.4 Å². The number of esters is 1. The van der Waals surface area contributed by atoms with Gasteiger partial charge in [0.25, 0.3) is 5.56 Å². The van der Waals surface area contributed by atoms with Crippen LogP contribution in [-0.4, -0.2) is 98.0 Å². The Morgan fingerprint density at radius 3 is 2.42 bits per heavy atom. The largest absolute Gasteiger partial charge is 0.507 e. The second kappa shape index (κ2) is 18.7. The first-order valence-corrected chi connectivity index (χ1v) is 21.6. The molecule has 0 aliphatic carbocycles. The number of pyridine rings is 1. The number of nitrogens with one attached hydrogen (secondary N) is 1. The van der Waals surface area contributed by atoms with E-state index in [1.165, 1.54) is 37.8 Å². The number of carbonyl (C=O) groups excluding carboxylic acids is 3. The number of amides is 1. The van der Waals surface area contributed by atoms with Gasteiger partial charge in [-0.1, -0.05) is 18.2 Å². The number of Topliss-reactive ketones (excluding diaryl/α,β-unsaturated/α-hetero) is 1. The Balaban J connectivity index is 1.29. The average Bonchev–Trinajstić information content (AvgIpc) is 3.19. The number of aromatic nitrogens is 1. The summed E-state index contributed by atoms with van der Waals surface area (Å²) in [6.45, 7) is 2.40. The molecular weight excluding hydrogens is 783 g/mol. The molecule has 16 heteroatoms. The number of piperidine rings is 1. The van der Waals surface area contributed by atoms with Gasteiger partial charge in [-0.15, -0.1) is 0 Å². The molecule has 15 nitrogen and oxygen atoms in total. The van der Waals surface area contributed by atoms with Gasteiger partial charge in [-0.05, 0) is 80.3 Å². The predicted molar refractivity (Wildman–Crippen MR) is 219 cm³/mol. The lowest BCUT2D eigenvalue weighted by Gasteiger charge is -2.42. The van der Waals surface area contributed by atoms with Crippen LogP contribution in [-0.2, 0) is 30.9 Å². The van der Waals surface area contributed by atoms with E-state index in [0.717, 1.165) is 12.1 Å². The van der Waals surface area contributed by atoms with Crippen LogP contribution in [0.3, 0.4) is 0 Å². The third kappa shape index (κ3) is 9.76. The molecule has 0 radical (unpaired) electrons. The Morgan fingerprint density at radius 2 is 1.71 bits per heavy atom. The fraction of sp³-hybridized carbons (Fsp3) is 0.488. The molecule has 59 heavy (non-hydrogen) atoms. The third-order valence-corrected chi connectivity index (χ3v) is 13.2. The van der Waals surface area contributed by atoms with Crippen molar-refractivity contribution in [2.75, 3.05) is 46.7 Å². The average molecular weight is 836 g/mol. The van der Waals surface area contributed by atoms with Crippen molar-refractivity contribution in [2.24, 2.45) is 5.92 Å². The molecular formula is C43H53N3O12S. The quantitative estimate of drug-likeness (QED) is 0.222. The highest BCUT2D eigenvalue weighted by Crippen LogP contribution is 2.48. The lowest BCUT2D eigenvalue weighted by molar-refractivity contribution is -0.121. The minimum absolute atomic E-state index is 0.0194. The van der Waals surface area contributed by atoms with E-state index in [4.69, 9.17) is 18.9 Å². The Morgan fingerprint density at radius 1 is 0.983 bits per heavy atom. The summed E-state index contributed by atoms with van der Waals surface area (Å²) in [5.41, 5.74) is 0.882. The summed E-state index contributed by atoms with van der Waals surface area (Å²) in [4.78, 5) is 52.4. The Kier molecular flexibility index (Phi) is 13.7. The van der Waals surface area contributed by atoms with Crippen molar-refractivity contribution in [1.29, 1.82) is 0 Å². The van der Waals surface area contributed by atoms with Gasteiger partial charge in [0.2, 0.25) is 21.7 Å². The normalized spacial score (nSPS) is 21.2. The molecule has 3 N–H and O–H groups in total. The number of aromatic hydroxyl groups is 2. The zero-order chi connectivity index (χ0) is 42.4. The molecule has 2 bridgehead atoms. The first-order chi connectivity index (χ1) is 28.2. The lowest BCUT2D eigenvalue weighted by atomic mass is 9.84. The smallest absolute Gasteiger partial charge is 0.342 e. The van der Waals surface area contributed by atoms with E-state index in [9.17, 15) is 37.8 Å². The molecule has 1 unspecified atom stereocenters. The van der Waals surface area contributed by atoms with Crippen LogP contribution >= 0.6 is 0 Å². The molecule has 0 saturated carbocycles. The van der Waals surface area contributed by atoms with Gasteiger partial charge < -0.3 is 39.0 Å². The number of sulfonamides is 1. The molecule has 318 valence electrons. The van der Waals surface area contributed by atoms with Crippen molar-refractivity contribution in [3.63, 3.8) is 0 Å². The fourth-order valence-electron chi connectivity index (χ4n) is 8.49. The van der Waals surface area contributed by atoms with E-state index < -0.39 is 51.8 Å². The number of hydrogen-bond donors (Lipinski definition) is 3. The molecule has 3 aromatic rings. The molecule has 1 aromatic heterocycles. The summed E-state index contributed by atoms with van der Waals surface area (Å²) in [6, 6.07) is 9.51. The minimum atomic E-state index is -3.82. The molecule has 4 atom stereocenters. The van der Waals surface area contributed by atoms with Crippen LogP contribution in [0.25, 0.3) is 6.08 Å². The lowest BCUT2D eigenvalue weighted by Crippen LogP contribution is -2.50. The highest BCUT2D eigenvalue weighted by molar-refractivity contribution is 7.89. The van der Waals surface area contributed by atoms with Crippen LogP contribution < -0.4 is 25.1 Å². The minimum Gasteiger partial charge on any atom is -0.507 e. The van der Waals surface area contributed by atoms with Gasteiger partial charge in [0.1, 0.15) is 22.8 Å². The number of ketones is 1. The molecule has 1 fully saturated rings. The molecule has 6 rings (SSSR count). The Bertz CT molecular complexity index is 2240. The topological polar surface area (TPSA) is 200 Å². The van der Waals surface area contributed by atoms with E-state index in [-0.39, 0.29) is 82.5 Å². The molecule has 4 heterocycles. The van der Waals surface area contributed by atoms with Crippen LogP contribution in [0.5, 0.6) is 28.7 Å². The molecule has 2 aromatic carbocycles.